The van der Waals surface area contributed by atoms with Gasteiger partial charge in [0.25, 0.3) is 0 Å². The first-order valence-electron chi connectivity index (χ1n) is 18.8. The normalized spacial score (nSPS) is 12.4. The van der Waals surface area contributed by atoms with Crippen molar-refractivity contribution in [1.29, 1.82) is 0 Å². The summed E-state index contributed by atoms with van der Waals surface area (Å²) in [6, 6.07) is 0.979. The van der Waals surface area contributed by atoms with Crippen LogP contribution in [0.1, 0.15) is 182 Å². The smallest absolute Gasteiger partial charge is 0.373 e. The molecule has 0 spiro atoms. The van der Waals surface area contributed by atoms with E-state index >= 15 is 0 Å². The zero-order valence-corrected chi connectivity index (χ0v) is 30.4. The third kappa shape index (κ3) is 25.1. The lowest BCUT2D eigenvalue weighted by Crippen LogP contribution is -2.50. The molecule has 0 aliphatic heterocycles. The fourth-order valence-electron chi connectivity index (χ4n) is 5.73. The van der Waals surface area contributed by atoms with Gasteiger partial charge in [-0.3, -0.25) is 0 Å². The van der Waals surface area contributed by atoms with Crippen LogP contribution < -0.4 is 0 Å². The second kappa shape index (κ2) is 30.1. The summed E-state index contributed by atoms with van der Waals surface area (Å²) >= 11 is 0. The number of nitrogens with zero attached hydrogens (tertiary/aromatic N) is 1. The van der Waals surface area contributed by atoms with Gasteiger partial charge in [-0.2, -0.15) is 0 Å². The van der Waals surface area contributed by atoms with Gasteiger partial charge in [0, 0.05) is 32.3 Å². The van der Waals surface area contributed by atoms with Gasteiger partial charge in [0.15, 0.2) is 0 Å². The van der Waals surface area contributed by atoms with E-state index in [9.17, 15) is 0 Å². The van der Waals surface area contributed by atoms with Crippen LogP contribution in [0.25, 0.3) is 0 Å². The van der Waals surface area contributed by atoms with Crippen LogP contribution in [0, 0.1) is 0 Å². The Labute approximate surface area is 261 Å². The minimum Gasteiger partial charge on any atom is -0.373 e. The quantitative estimate of drug-likeness (QED) is 0.0418. The maximum absolute atomic E-state index is 6.57. The second-order valence-corrected chi connectivity index (χ2v) is 15.9. The van der Waals surface area contributed by atoms with Crippen LogP contribution in [0.15, 0.2) is 0 Å². The lowest BCUT2D eigenvalue weighted by atomic mass is 10.1. The van der Waals surface area contributed by atoms with Crippen LogP contribution in [-0.2, 0) is 13.3 Å². The van der Waals surface area contributed by atoms with E-state index in [0.29, 0.717) is 0 Å². The Kier molecular flexibility index (Phi) is 30.1. The van der Waals surface area contributed by atoms with E-state index in [1.54, 1.807) is 0 Å². The van der Waals surface area contributed by atoms with Crippen molar-refractivity contribution in [2.24, 2.45) is 0 Å². The molecule has 5 heteroatoms. The van der Waals surface area contributed by atoms with Crippen LogP contribution in [0.2, 0.25) is 6.04 Å². The van der Waals surface area contributed by atoms with Crippen molar-refractivity contribution >= 4 is 8.80 Å². The molecule has 0 rings (SSSR count). The molecule has 0 amide bonds. The minimum atomic E-state index is -2.64. The van der Waals surface area contributed by atoms with Gasteiger partial charge < -0.3 is 17.8 Å². The van der Waals surface area contributed by atoms with E-state index in [4.69, 9.17) is 13.3 Å². The Hall–Kier alpha value is 0.0569. The number of quaternary nitrogens is 1. The fraction of sp³-hybridized carbons (Fsp3) is 1.00. The highest BCUT2D eigenvalue weighted by Gasteiger charge is 2.41. The summed E-state index contributed by atoms with van der Waals surface area (Å²) in [4.78, 5) is 0. The van der Waals surface area contributed by atoms with Gasteiger partial charge in [-0.1, -0.05) is 131 Å². The summed E-state index contributed by atoms with van der Waals surface area (Å²) in [5, 5.41) is 0. The molecule has 0 heterocycles. The molecule has 0 saturated carbocycles. The first-order chi connectivity index (χ1) is 20.0. The molecular formula is C36H78NO3Si+. The third-order valence-corrected chi connectivity index (χ3v) is 11.6. The molecule has 0 radical (unpaired) electrons. The van der Waals surface area contributed by atoms with Crippen LogP contribution in [-0.4, -0.2) is 59.8 Å². The summed E-state index contributed by atoms with van der Waals surface area (Å²) in [6.07, 6.45) is 30.3. The lowest BCUT2D eigenvalue weighted by Gasteiger charge is -2.36. The molecule has 0 saturated heterocycles. The molecule has 0 bridgehead atoms. The minimum absolute atomic E-state index is 0.781. The number of rotatable bonds is 34. The van der Waals surface area contributed by atoms with Crippen molar-refractivity contribution in [3.05, 3.63) is 0 Å². The molecule has 41 heavy (non-hydrogen) atoms. The van der Waals surface area contributed by atoms with E-state index in [0.717, 1.165) is 70.8 Å². The summed E-state index contributed by atoms with van der Waals surface area (Å²) < 4.78 is 20.9. The molecule has 0 unspecified atom stereocenters. The fourth-order valence-corrected chi connectivity index (χ4v) is 8.37. The summed E-state index contributed by atoms with van der Waals surface area (Å²) in [5.74, 6) is 0. The van der Waals surface area contributed by atoms with Gasteiger partial charge >= 0.3 is 8.80 Å². The summed E-state index contributed by atoms with van der Waals surface area (Å²) in [5.41, 5.74) is 0. The van der Waals surface area contributed by atoms with Crippen LogP contribution in [0.5, 0.6) is 0 Å². The molecule has 248 valence electrons. The molecule has 4 nitrogen and oxygen atoms in total. The SMILES string of the molecule is CCCCCCCCCC[N+](C)(CCCCCCCCCC)CCC[Si](OCCCC)(OCCCC)OCCCC. The van der Waals surface area contributed by atoms with E-state index in [2.05, 4.69) is 41.7 Å². The first-order valence-corrected chi connectivity index (χ1v) is 20.7. The maximum Gasteiger partial charge on any atom is 0.501 e. The molecule has 0 aromatic heterocycles. The number of unbranched alkanes of at least 4 members (excludes halogenated alkanes) is 17. The highest BCUT2D eigenvalue weighted by atomic mass is 28.4. The van der Waals surface area contributed by atoms with Crippen molar-refractivity contribution < 1.29 is 17.8 Å². The van der Waals surface area contributed by atoms with Crippen LogP contribution in [0.3, 0.4) is 0 Å². The molecule has 0 aliphatic carbocycles. The van der Waals surface area contributed by atoms with Gasteiger partial charge in [0.2, 0.25) is 0 Å². The van der Waals surface area contributed by atoms with Gasteiger partial charge in [-0.25, -0.2) is 0 Å². The summed E-state index contributed by atoms with van der Waals surface area (Å²) in [6.45, 7) is 17.6. The summed E-state index contributed by atoms with van der Waals surface area (Å²) in [7, 11) is -0.0959. The largest absolute Gasteiger partial charge is 0.501 e. The standard InChI is InChI=1S/C36H78NO3Si/c1-7-12-17-19-21-23-25-27-30-37(6,31-28-26-24-22-20-18-13-8-2)32-29-36-41(38-33-14-9-3,39-34-15-10-4)40-35-16-11-5/h7-36H2,1-6H3/q+1. The molecule has 0 fully saturated rings. The van der Waals surface area contributed by atoms with Gasteiger partial charge in [0.1, 0.15) is 0 Å². The molecular weight excluding hydrogens is 522 g/mol. The highest BCUT2D eigenvalue weighted by molar-refractivity contribution is 6.60. The van der Waals surface area contributed by atoms with Crippen molar-refractivity contribution in [1.82, 2.24) is 0 Å². The van der Waals surface area contributed by atoms with E-state index in [1.165, 1.54) is 127 Å². The van der Waals surface area contributed by atoms with Gasteiger partial charge in [-0.15, -0.1) is 0 Å². The van der Waals surface area contributed by atoms with Crippen molar-refractivity contribution in [3.63, 3.8) is 0 Å². The van der Waals surface area contributed by atoms with Crippen molar-refractivity contribution in [2.45, 2.75) is 188 Å². The predicted octanol–water partition coefficient (Wildman–Crippen LogP) is 11.5. The van der Waals surface area contributed by atoms with Crippen LogP contribution >= 0.6 is 0 Å². The monoisotopic (exact) mass is 601 g/mol. The van der Waals surface area contributed by atoms with Gasteiger partial charge in [0.05, 0.1) is 26.7 Å². The Morgan fingerprint density at radius 1 is 0.366 bits per heavy atom. The second-order valence-electron chi connectivity index (χ2n) is 13.1. The lowest BCUT2D eigenvalue weighted by molar-refractivity contribution is -0.910. The van der Waals surface area contributed by atoms with E-state index in [-0.39, 0.29) is 0 Å². The number of hydrogen-bond donors (Lipinski definition) is 0. The average Bonchev–Trinajstić information content (AvgIpc) is 2.96. The molecule has 0 aliphatic rings. The van der Waals surface area contributed by atoms with E-state index < -0.39 is 8.80 Å². The zero-order chi connectivity index (χ0) is 30.3. The van der Waals surface area contributed by atoms with E-state index in [1.807, 2.05) is 0 Å². The Morgan fingerprint density at radius 3 is 1.00 bits per heavy atom. The van der Waals surface area contributed by atoms with Gasteiger partial charge in [-0.05, 0) is 44.9 Å². The Balaban J connectivity index is 5.05. The molecule has 0 N–H and O–H groups in total. The maximum atomic E-state index is 6.57. The Bertz CT molecular complexity index is 473. The number of hydrogen-bond acceptors (Lipinski definition) is 3. The third-order valence-electron chi connectivity index (χ3n) is 8.74. The molecule has 0 aromatic rings. The predicted molar refractivity (Wildman–Crippen MR) is 184 cm³/mol. The first kappa shape index (κ1) is 41.1. The van der Waals surface area contributed by atoms with Crippen molar-refractivity contribution in [2.75, 3.05) is 46.5 Å². The Morgan fingerprint density at radius 2 is 0.659 bits per heavy atom. The molecule has 0 atom stereocenters. The van der Waals surface area contributed by atoms with Crippen LogP contribution in [0.4, 0.5) is 0 Å². The topological polar surface area (TPSA) is 27.7 Å². The zero-order valence-electron chi connectivity index (χ0n) is 29.4. The highest BCUT2D eigenvalue weighted by Crippen LogP contribution is 2.23. The van der Waals surface area contributed by atoms with Crippen molar-refractivity contribution in [3.8, 4) is 0 Å². The average molecular weight is 601 g/mol. The molecule has 0 aromatic carbocycles.